The number of nitro groups is 1. The van der Waals surface area contributed by atoms with E-state index in [0.717, 1.165) is 95.3 Å². The Labute approximate surface area is 449 Å². The van der Waals surface area contributed by atoms with Gasteiger partial charge in [0.1, 0.15) is 28.7 Å². The number of carbonyl (C=O) groups excluding carboxylic acids is 1. The monoisotopic (exact) mass is 1070 g/mol. The van der Waals surface area contributed by atoms with Gasteiger partial charge in [-0.2, -0.15) is 0 Å². The highest BCUT2D eigenvalue weighted by molar-refractivity contribution is 7.90. The number of piperidine rings is 1. The van der Waals surface area contributed by atoms with Gasteiger partial charge < -0.3 is 34.5 Å². The van der Waals surface area contributed by atoms with Gasteiger partial charge in [0.05, 0.1) is 46.8 Å². The molecule has 19 heteroatoms. The van der Waals surface area contributed by atoms with Crippen molar-refractivity contribution in [2.24, 2.45) is 11.3 Å². The van der Waals surface area contributed by atoms with Crippen molar-refractivity contribution in [2.45, 2.75) is 107 Å². The van der Waals surface area contributed by atoms with Crippen molar-refractivity contribution >= 4 is 44.0 Å². The smallest absolute Gasteiger partial charge is 0.293 e. The van der Waals surface area contributed by atoms with Crippen molar-refractivity contribution in [3.05, 3.63) is 136 Å². The predicted molar refractivity (Wildman–Crippen MR) is 293 cm³/mol. The number of nitro benzene ring substituents is 1. The van der Waals surface area contributed by atoms with E-state index in [4.69, 9.17) is 14.2 Å². The van der Waals surface area contributed by atoms with Gasteiger partial charge in [-0.15, -0.1) is 0 Å². The first-order valence-electron chi connectivity index (χ1n) is 26.7. The highest BCUT2D eigenvalue weighted by atomic mass is 32.2. The number of hydrogen-bond acceptors (Lipinski definition) is 14. The molecule has 408 valence electrons. The maximum atomic E-state index is 14.8. The highest BCUT2D eigenvalue weighted by Crippen LogP contribution is 2.53. The molecule has 4 heterocycles. The quantitative estimate of drug-likeness (QED) is 0.0496. The van der Waals surface area contributed by atoms with E-state index in [0.29, 0.717) is 42.7 Å². The van der Waals surface area contributed by atoms with Crippen LogP contribution >= 0.6 is 0 Å². The molecule has 4 aliphatic rings. The number of sulfonamides is 1. The lowest BCUT2D eigenvalue weighted by molar-refractivity contribution is -0.384. The maximum absolute atomic E-state index is 14.8. The first-order chi connectivity index (χ1) is 36.9. The lowest BCUT2D eigenvalue weighted by Gasteiger charge is -2.58. The molecule has 2 saturated carbocycles. The molecule has 1 amide bonds. The Bertz CT molecular complexity index is 3250. The number of aliphatic hydroxyl groups is 1. The van der Waals surface area contributed by atoms with E-state index >= 15 is 0 Å². The summed E-state index contributed by atoms with van der Waals surface area (Å²) in [6, 6.07) is 25.6. The zero-order valence-corrected chi connectivity index (χ0v) is 45.2. The van der Waals surface area contributed by atoms with Crippen molar-refractivity contribution in [2.75, 3.05) is 63.7 Å². The minimum atomic E-state index is -4.65. The number of rotatable bonds is 17. The zero-order chi connectivity index (χ0) is 54.2. The van der Waals surface area contributed by atoms with E-state index < -0.39 is 42.9 Å². The molecule has 17 nitrogen and oxygen atoms in total. The number of H-pyrrole nitrogens is 1. The van der Waals surface area contributed by atoms with Crippen molar-refractivity contribution in [3.8, 4) is 23.0 Å². The molecule has 1 spiro atoms. The Morgan fingerprint density at radius 2 is 1.69 bits per heavy atom. The van der Waals surface area contributed by atoms with Gasteiger partial charge in [0.15, 0.2) is 11.5 Å². The molecule has 0 bridgehead atoms. The summed E-state index contributed by atoms with van der Waals surface area (Å²) in [4.78, 5) is 39.9. The van der Waals surface area contributed by atoms with Crippen LogP contribution in [-0.2, 0) is 16.6 Å². The Morgan fingerprint density at radius 3 is 2.42 bits per heavy atom. The van der Waals surface area contributed by atoms with Gasteiger partial charge in [-0.3, -0.25) is 24.7 Å². The van der Waals surface area contributed by atoms with Crippen molar-refractivity contribution in [1.82, 2.24) is 24.5 Å². The third-order valence-electron chi connectivity index (χ3n) is 16.7. The van der Waals surface area contributed by atoms with Crippen molar-refractivity contribution < 1.29 is 41.8 Å². The second-order valence-electron chi connectivity index (χ2n) is 22.2. The zero-order valence-electron chi connectivity index (χ0n) is 44.4. The number of aromatic amines is 1. The van der Waals surface area contributed by atoms with Crippen LogP contribution in [0.2, 0.25) is 0 Å². The molecule has 2 aromatic heterocycles. The van der Waals surface area contributed by atoms with Gasteiger partial charge in [0, 0.05) is 81.9 Å². The minimum Gasteiger partial charge on any atom is -0.493 e. The Kier molecular flexibility index (Phi) is 15.3. The molecule has 6 aromatic rings. The lowest BCUT2D eigenvalue weighted by Crippen LogP contribution is -2.60. The average molecular weight is 1070 g/mol. The summed E-state index contributed by atoms with van der Waals surface area (Å²) in [6.07, 6.45) is 9.40. The lowest BCUT2D eigenvalue weighted by atomic mass is 9.59. The van der Waals surface area contributed by atoms with Crippen LogP contribution in [0.4, 0.5) is 21.5 Å². The number of carbonyl (C=O) groups is 1. The standard InChI is InChI=1S/C58H69FN8O9S/c1-37(2)44-8-6-7-9-45(44)51-36-64(35-39-10-15-52(74-4)54(26-39)75-5)24-25-66(51)41-30-58(31-41)20-22-65(23-21-58)40-11-13-46(53(27-40)76-42-28-47-48(59)34-62-55(47)61-33-42)56(68)63-77(72,73)43-12-14-49(50(29-43)67(70)71)60-32-38-16-18-57(3,69)19-17-38/h6-15,26-29,33-34,37-38,41,51,60,69H,16-25,30-32,35-36H2,1-5H3,(H,61,62)(H,63,68)/t38-,51-,57-/m0/s1. The molecule has 0 unspecified atom stereocenters. The number of fused-ring (bicyclic) bond motifs is 1. The fraction of sp³-hybridized carbons (Fsp3) is 0.448. The highest BCUT2D eigenvalue weighted by Gasteiger charge is 2.50. The summed E-state index contributed by atoms with van der Waals surface area (Å²) in [6.45, 7) is 11.9. The Morgan fingerprint density at radius 1 is 0.935 bits per heavy atom. The predicted octanol–water partition coefficient (Wildman–Crippen LogP) is 10.3. The van der Waals surface area contributed by atoms with Gasteiger partial charge in [-0.1, -0.05) is 44.2 Å². The molecular weight excluding hydrogens is 1000 g/mol. The molecule has 4 N–H and O–H groups in total. The van der Waals surface area contributed by atoms with E-state index in [1.807, 2.05) is 6.07 Å². The molecule has 77 heavy (non-hydrogen) atoms. The van der Waals surface area contributed by atoms with Crippen LogP contribution in [0.15, 0.2) is 102 Å². The van der Waals surface area contributed by atoms with Crippen LogP contribution in [0.1, 0.15) is 111 Å². The summed E-state index contributed by atoms with van der Waals surface area (Å²) in [7, 11) is -1.33. The number of halogens is 1. The first kappa shape index (κ1) is 53.6. The van der Waals surface area contributed by atoms with Gasteiger partial charge in [-0.05, 0) is 135 Å². The number of pyridine rings is 1. The van der Waals surface area contributed by atoms with Crippen molar-refractivity contribution in [1.29, 1.82) is 0 Å². The van der Waals surface area contributed by atoms with Crippen molar-refractivity contribution in [3.63, 3.8) is 0 Å². The van der Waals surface area contributed by atoms with E-state index in [1.165, 1.54) is 53.3 Å². The van der Waals surface area contributed by atoms with Crippen LogP contribution in [0.5, 0.6) is 23.0 Å². The third kappa shape index (κ3) is 11.6. The number of piperazine rings is 1. The molecular formula is C58H69FN8O9S. The largest absolute Gasteiger partial charge is 0.493 e. The second kappa shape index (κ2) is 21.9. The fourth-order valence-electron chi connectivity index (χ4n) is 12.2. The van der Waals surface area contributed by atoms with E-state index in [1.54, 1.807) is 33.3 Å². The average Bonchev–Trinajstić information content (AvgIpc) is 3.82. The van der Waals surface area contributed by atoms with Crippen LogP contribution in [0.25, 0.3) is 11.0 Å². The number of amides is 1. The molecule has 2 aliphatic heterocycles. The number of nitrogens with zero attached hydrogens (tertiary/aromatic N) is 5. The molecule has 2 saturated heterocycles. The minimum absolute atomic E-state index is 0.0176. The van der Waals surface area contributed by atoms with Crippen LogP contribution in [0, 0.1) is 27.3 Å². The summed E-state index contributed by atoms with van der Waals surface area (Å²) >= 11 is 0. The van der Waals surface area contributed by atoms with Crippen LogP contribution in [0.3, 0.4) is 0 Å². The molecule has 0 radical (unpaired) electrons. The molecule has 2 aliphatic carbocycles. The number of nitrogens with one attached hydrogen (secondary N) is 3. The summed E-state index contributed by atoms with van der Waals surface area (Å²) < 4.78 is 62.0. The fourth-order valence-corrected chi connectivity index (χ4v) is 13.2. The van der Waals surface area contributed by atoms with Gasteiger partial charge in [0.25, 0.3) is 21.6 Å². The maximum Gasteiger partial charge on any atom is 0.293 e. The normalized spacial score (nSPS) is 21.2. The van der Waals surface area contributed by atoms with E-state index in [-0.39, 0.29) is 45.5 Å². The molecule has 10 rings (SSSR count). The first-order valence-corrected chi connectivity index (χ1v) is 28.2. The molecule has 4 fully saturated rings. The topological polar surface area (TPSA) is 205 Å². The number of anilines is 2. The Balaban J connectivity index is 0.838. The number of benzene rings is 4. The Hall–Kier alpha value is -6.80. The van der Waals surface area contributed by atoms with Crippen LogP contribution < -0.4 is 29.1 Å². The van der Waals surface area contributed by atoms with Crippen LogP contribution in [-0.4, -0.2) is 109 Å². The van der Waals surface area contributed by atoms with Gasteiger partial charge in [0.2, 0.25) is 0 Å². The number of ether oxygens (including phenoxy) is 3. The third-order valence-corrected chi connectivity index (χ3v) is 18.0. The summed E-state index contributed by atoms with van der Waals surface area (Å²) in [5, 5.41) is 25.9. The SMILES string of the molecule is COc1ccc(CN2CCN(C3CC4(CCN(c5ccc(C(=O)NS(=O)(=O)c6ccc(NC[C@H]7CC[C@](C)(O)CC7)c([N+](=O)[O-])c6)c(Oc6cnc7[nH]cc(F)c7c6)c5)CC4)C3)[C@H](c3ccccc3C(C)C)C2)cc1OC. The number of hydrogen-bond donors (Lipinski definition) is 4. The van der Waals surface area contributed by atoms with E-state index in [2.05, 4.69) is 85.0 Å². The van der Waals surface area contributed by atoms with Gasteiger partial charge >= 0.3 is 0 Å². The number of aromatic nitrogens is 2. The molecule has 4 aromatic carbocycles. The van der Waals surface area contributed by atoms with E-state index in [9.17, 15) is 32.8 Å². The second-order valence-corrected chi connectivity index (χ2v) is 23.9. The summed E-state index contributed by atoms with van der Waals surface area (Å²) in [5.41, 5.74) is 4.02. The van der Waals surface area contributed by atoms with Gasteiger partial charge in [-0.25, -0.2) is 22.5 Å². The number of methoxy groups -OCH3 is 2. The summed E-state index contributed by atoms with van der Waals surface area (Å²) in [5.74, 6) is 0.574. The molecule has 1 atom stereocenters.